The van der Waals surface area contributed by atoms with Crippen LogP contribution in [-0.4, -0.2) is 40.2 Å². The van der Waals surface area contributed by atoms with Crippen molar-refractivity contribution in [3.63, 3.8) is 0 Å². The van der Waals surface area contributed by atoms with E-state index in [9.17, 15) is 14.4 Å². The summed E-state index contributed by atoms with van der Waals surface area (Å²) in [6.07, 6.45) is 1.15. The van der Waals surface area contributed by atoms with Crippen LogP contribution in [0.1, 0.15) is 23.2 Å². The number of nitrogens with zero attached hydrogens (tertiary/aromatic N) is 2. The minimum absolute atomic E-state index is 0.0550. The second-order valence-electron chi connectivity index (χ2n) is 3.79. The van der Waals surface area contributed by atoms with Gasteiger partial charge in [-0.05, 0) is 13.8 Å². The molecule has 1 aliphatic heterocycles. The molecule has 0 radical (unpaired) electrons. The second kappa shape index (κ2) is 4.00. The molecule has 2 heterocycles. The van der Waals surface area contributed by atoms with Crippen LogP contribution >= 0.6 is 0 Å². The van der Waals surface area contributed by atoms with Gasteiger partial charge in [-0.3, -0.25) is 19.7 Å². The molecule has 0 spiro atoms. The molecule has 1 N–H and O–H groups in total. The molecule has 0 bridgehead atoms. The lowest BCUT2D eigenvalue weighted by Gasteiger charge is -2.30. The van der Waals surface area contributed by atoms with E-state index in [1.54, 1.807) is 13.8 Å². The lowest BCUT2D eigenvalue weighted by molar-refractivity contribution is -0.138. The molecule has 1 fully saturated rings. The average Bonchev–Trinajstić information content (AvgIpc) is 2.69. The Bertz CT molecular complexity index is 493. The van der Waals surface area contributed by atoms with Gasteiger partial charge in [0.25, 0.3) is 5.91 Å². The monoisotopic (exact) mass is 237 g/mol. The largest absolute Gasteiger partial charge is 0.438 e. The van der Waals surface area contributed by atoms with Gasteiger partial charge in [0.15, 0.2) is 6.39 Å². The zero-order valence-corrected chi connectivity index (χ0v) is 9.39. The highest BCUT2D eigenvalue weighted by molar-refractivity contribution is 6.06. The standard InChI is InChI=1S/C10H11N3O4/c1-5-8(17-4-11-5)10(16)13-3-7(14)12-9(15)6(13)2/h4,6H,3H2,1-2H3,(H,12,14,15). The molecule has 7 nitrogen and oxygen atoms in total. The molecule has 1 atom stereocenters. The smallest absolute Gasteiger partial charge is 0.292 e. The molecule has 0 aliphatic carbocycles. The van der Waals surface area contributed by atoms with Crippen molar-refractivity contribution < 1.29 is 18.8 Å². The van der Waals surface area contributed by atoms with Crippen LogP contribution in [0, 0.1) is 6.92 Å². The van der Waals surface area contributed by atoms with Crippen LogP contribution < -0.4 is 5.32 Å². The van der Waals surface area contributed by atoms with Gasteiger partial charge in [0.05, 0.1) is 5.69 Å². The maximum atomic E-state index is 12.0. The molecule has 1 saturated heterocycles. The first-order valence-corrected chi connectivity index (χ1v) is 5.05. The van der Waals surface area contributed by atoms with Crippen LogP contribution in [0.4, 0.5) is 0 Å². The van der Waals surface area contributed by atoms with E-state index in [0.717, 1.165) is 11.3 Å². The number of oxazole rings is 1. The highest BCUT2D eigenvalue weighted by Gasteiger charge is 2.35. The van der Waals surface area contributed by atoms with Crippen molar-refractivity contribution in [1.29, 1.82) is 0 Å². The molecule has 1 aliphatic rings. The second-order valence-corrected chi connectivity index (χ2v) is 3.79. The van der Waals surface area contributed by atoms with Gasteiger partial charge in [-0.15, -0.1) is 0 Å². The van der Waals surface area contributed by atoms with E-state index in [1.807, 2.05) is 0 Å². The Morgan fingerprint density at radius 2 is 2.29 bits per heavy atom. The minimum Gasteiger partial charge on any atom is -0.438 e. The van der Waals surface area contributed by atoms with Crippen molar-refractivity contribution in [2.75, 3.05) is 6.54 Å². The average molecular weight is 237 g/mol. The van der Waals surface area contributed by atoms with E-state index < -0.39 is 23.8 Å². The van der Waals surface area contributed by atoms with Crippen LogP contribution in [0.25, 0.3) is 0 Å². The van der Waals surface area contributed by atoms with E-state index in [-0.39, 0.29) is 12.3 Å². The summed E-state index contributed by atoms with van der Waals surface area (Å²) in [5.41, 5.74) is 0.431. The van der Waals surface area contributed by atoms with Gasteiger partial charge in [-0.2, -0.15) is 0 Å². The van der Waals surface area contributed by atoms with Gasteiger partial charge < -0.3 is 9.32 Å². The lowest BCUT2D eigenvalue weighted by Crippen LogP contribution is -2.58. The summed E-state index contributed by atoms with van der Waals surface area (Å²) in [6, 6.07) is -0.704. The van der Waals surface area contributed by atoms with Crippen molar-refractivity contribution in [3.05, 3.63) is 17.8 Å². The molecule has 0 saturated carbocycles. The number of piperazine rings is 1. The molecular formula is C10H11N3O4. The number of rotatable bonds is 1. The summed E-state index contributed by atoms with van der Waals surface area (Å²) in [7, 11) is 0. The third-order valence-electron chi connectivity index (χ3n) is 2.62. The fourth-order valence-corrected chi connectivity index (χ4v) is 1.60. The summed E-state index contributed by atoms with van der Waals surface area (Å²) in [5.74, 6) is -1.44. The number of aryl methyl sites for hydroxylation is 1. The normalized spacial score (nSPS) is 20.4. The van der Waals surface area contributed by atoms with E-state index in [1.165, 1.54) is 0 Å². The van der Waals surface area contributed by atoms with E-state index >= 15 is 0 Å². The molecule has 17 heavy (non-hydrogen) atoms. The van der Waals surface area contributed by atoms with Crippen LogP contribution in [-0.2, 0) is 9.59 Å². The third-order valence-corrected chi connectivity index (χ3v) is 2.62. The first kappa shape index (κ1) is 11.3. The fraction of sp³-hybridized carbons (Fsp3) is 0.400. The Labute approximate surface area is 96.8 Å². The first-order chi connectivity index (χ1) is 8.00. The van der Waals surface area contributed by atoms with Crippen molar-refractivity contribution in [1.82, 2.24) is 15.2 Å². The SMILES string of the molecule is Cc1ncoc1C(=O)N1CC(=O)NC(=O)C1C. The van der Waals surface area contributed by atoms with Crippen LogP contribution in [0.2, 0.25) is 0 Å². The molecule has 2 rings (SSSR count). The number of amides is 3. The molecule has 1 aromatic rings. The Morgan fingerprint density at radius 3 is 2.88 bits per heavy atom. The van der Waals surface area contributed by atoms with Crippen LogP contribution in [0.3, 0.4) is 0 Å². The first-order valence-electron chi connectivity index (χ1n) is 5.05. The van der Waals surface area contributed by atoms with Crippen molar-refractivity contribution >= 4 is 17.7 Å². The number of aromatic nitrogens is 1. The predicted molar refractivity (Wildman–Crippen MR) is 54.9 cm³/mol. The predicted octanol–water partition coefficient (Wildman–Crippen LogP) is -0.530. The zero-order valence-electron chi connectivity index (χ0n) is 9.39. The minimum atomic E-state index is -0.704. The maximum Gasteiger partial charge on any atom is 0.292 e. The summed E-state index contributed by atoms with van der Waals surface area (Å²) >= 11 is 0. The summed E-state index contributed by atoms with van der Waals surface area (Å²) < 4.78 is 4.95. The Morgan fingerprint density at radius 1 is 1.59 bits per heavy atom. The van der Waals surface area contributed by atoms with Crippen molar-refractivity contribution in [3.8, 4) is 0 Å². The van der Waals surface area contributed by atoms with Gasteiger partial charge in [-0.25, -0.2) is 4.98 Å². The number of hydrogen-bond donors (Lipinski definition) is 1. The fourth-order valence-electron chi connectivity index (χ4n) is 1.60. The molecule has 90 valence electrons. The van der Waals surface area contributed by atoms with E-state index in [2.05, 4.69) is 10.3 Å². The van der Waals surface area contributed by atoms with Gasteiger partial charge in [0, 0.05) is 0 Å². The molecular weight excluding hydrogens is 226 g/mol. The van der Waals surface area contributed by atoms with Crippen LogP contribution in [0.15, 0.2) is 10.8 Å². The number of hydrogen-bond acceptors (Lipinski definition) is 5. The number of carbonyl (C=O) groups excluding carboxylic acids is 3. The molecule has 0 aromatic carbocycles. The zero-order chi connectivity index (χ0) is 12.6. The quantitative estimate of drug-likeness (QED) is 0.663. The number of imide groups is 1. The van der Waals surface area contributed by atoms with Crippen molar-refractivity contribution in [2.45, 2.75) is 19.9 Å². The summed E-state index contributed by atoms with van der Waals surface area (Å²) in [6.45, 7) is 3.00. The van der Waals surface area contributed by atoms with E-state index in [0.29, 0.717) is 5.69 Å². The summed E-state index contributed by atoms with van der Waals surface area (Å²) in [4.78, 5) is 39.6. The van der Waals surface area contributed by atoms with Gasteiger partial charge in [0.1, 0.15) is 12.6 Å². The summed E-state index contributed by atoms with van der Waals surface area (Å²) in [5, 5.41) is 2.16. The topological polar surface area (TPSA) is 92.5 Å². The number of carbonyl (C=O) groups is 3. The molecule has 1 unspecified atom stereocenters. The molecule has 3 amide bonds. The van der Waals surface area contributed by atoms with Crippen LogP contribution in [0.5, 0.6) is 0 Å². The number of nitrogens with one attached hydrogen (secondary N) is 1. The highest BCUT2D eigenvalue weighted by atomic mass is 16.3. The van der Waals surface area contributed by atoms with Gasteiger partial charge in [0.2, 0.25) is 17.6 Å². The van der Waals surface area contributed by atoms with Gasteiger partial charge in [-0.1, -0.05) is 0 Å². The Balaban J connectivity index is 2.27. The van der Waals surface area contributed by atoms with E-state index in [4.69, 9.17) is 4.42 Å². The molecule has 1 aromatic heterocycles. The Kier molecular flexibility index (Phi) is 2.66. The maximum absolute atomic E-state index is 12.0. The lowest BCUT2D eigenvalue weighted by atomic mass is 10.2. The van der Waals surface area contributed by atoms with Crippen molar-refractivity contribution in [2.24, 2.45) is 0 Å². The third kappa shape index (κ3) is 1.91. The highest BCUT2D eigenvalue weighted by Crippen LogP contribution is 2.13. The van der Waals surface area contributed by atoms with Gasteiger partial charge >= 0.3 is 0 Å². The molecule has 7 heteroatoms. The Hall–Kier alpha value is -2.18.